The van der Waals surface area contributed by atoms with Gasteiger partial charge in [0.05, 0.1) is 26.9 Å². The summed E-state index contributed by atoms with van der Waals surface area (Å²) in [6.45, 7) is 2.07. The monoisotopic (exact) mass is 432 g/mol. The van der Waals surface area contributed by atoms with Crippen LogP contribution in [0, 0.1) is 0 Å². The van der Waals surface area contributed by atoms with Crippen molar-refractivity contribution < 1.29 is 48.3 Å². The van der Waals surface area contributed by atoms with Gasteiger partial charge >= 0.3 is 17.9 Å². The van der Waals surface area contributed by atoms with E-state index in [0.29, 0.717) is 12.5 Å². The Kier molecular flexibility index (Phi) is 9.89. The molecule has 10 heteroatoms. The second kappa shape index (κ2) is 11.4. The largest absolute Gasteiger partial charge is 0.467 e. The number of esters is 3. The molecule has 0 radical (unpaired) electrons. The number of rotatable bonds is 11. The summed E-state index contributed by atoms with van der Waals surface area (Å²) in [7, 11) is 4.34. The molecule has 0 aromatic rings. The molecule has 10 nitrogen and oxygen atoms in total. The summed E-state index contributed by atoms with van der Waals surface area (Å²) in [4.78, 5) is 37.1. The van der Waals surface area contributed by atoms with Crippen molar-refractivity contribution in [3.63, 3.8) is 0 Å². The molecule has 0 saturated carbocycles. The molecule has 2 N–H and O–H groups in total. The van der Waals surface area contributed by atoms with Crippen molar-refractivity contribution >= 4 is 17.9 Å². The molecule has 172 valence electrons. The first kappa shape index (κ1) is 26.0. The highest BCUT2D eigenvalue weighted by Gasteiger charge is 2.69. The number of methoxy groups -OCH3 is 4. The minimum absolute atomic E-state index is 0.122. The van der Waals surface area contributed by atoms with E-state index in [2.05, 4.69) is 16.4 Å². The zero-order valence-electron chi connectivity index (χ0n) is 18.1. The summed E-state index contributed by atoms with van der Waals surface area (Å²) in [6, 6.07) is 0. The Morgan fingerprint density at radius 3 is 2.07 bits per heavy atom. The van der Waals surface area contributed by atoms with Crippen LogP contribution in [-0.4, -0.2) is 80.2 Å². The van der Waals surface area contributed by atoms with Gasteiger partial charge in [0.25, 0.3) is 0 Å². The van der Waals surface area contributed by atoms with Gasteiger partial charge in [0.15, 0.2) is 5.79 Å². The first-order valence-electron chi connectivity index (χ1n) is 9.79. The molecule has 0 spiro atoms. The Balaban J connectivity index is 3.46. The van der Waals surface area contributed by atoms with E-state index >= 15 is 0 Å². The lowest BCUT2D eigenvalue weighted by molar-refractivity contribution is -0.263. The lowest BCUT2D eigenvalue weighted by Gasteiger charge is -2.33. The summed E-state index contributed by atoms with van der Waals surface area (Å²) in [5.41, 5.74) is -3.24. The summed E-state index contributed by atoms with van der Waals surface area (Å²) < 4.78 is 25.2. The van der Waals surface area contributed by atoms with Gasteiger partial charge in [-0.3, -0.25) is 0 Å². The van der Waals surface area contributed by atoms with Gasteiger partial charge in [0, 0.05) is 19.6 Å². The van der Waals surface area contributed by atoms with Crippen LogP contribution in [0.3, 0.4) is 0 Å². The molecule has 1 aliphatic rings. The molecule has 1 rings (SSSR count). The Morgan fingerprint density at radius 1 is 0.933 bits per heavy atom. The number of carbonyl (C=O) groups is 3. The number of aliphatic hydroxyl groups is 2. The van der Waals surface area contributed by atoms with Crippen LogP contribution >= 0.6 is 0 Å². The fourth-order valence-electron chi connectivity index (χ4n) is 3.54. The van der Waals surface area contributed by atoms with E-state index < -0.39 is 47.1 Å². The number of aliphatic hydroxyl groups excluding tert-OH is 2. The fourth-order valence-corrected chi connectivity index (χ4v) is 3.54. The zero-order valence-corrected chi connectivity index (χ0v) is 18.1. The summed E-state index contributed by atoms with van der Waals surface area (Å²) in [5.74, 6) is -5.17. The smallest absolute Gasteiger partial charge is 0.346 e. The van der Waals surface area contributed by atoms with Crippen LogP contribution in [0.5, 0.6) is 0 Å². The second-order valence-corrected chi connectivity index (χ2v) is 6.97. The van der Waals surface area contributed by atoms with Gasteiger partial charge in [-0.25, -0.2) is 14.4 Å². The maximum atomic E-state index is 12.8. The van der Waals surface area contributed by atoms with Crippen LogP contribution in [0.1, 0.15) is 45.4 Å². The molecule has 1 heterocycles. The van der Waals surface area contributed by atoms with Crippen LogP contribution in [0.25, 0.3) is 0 Å². The highest BCUT2D eigenvalue weighted by atomic mass is 16.7. The lowest BCUT2D eigenvalue weighted by atomic mass is 9.85. The highest BCUT2D eigenvalue weighted by Crippen LogP contribution is 2.46. The molecule has 1 saturated heterocycles. The van der Waals surface area contributed by atoms with E-state index in [0.717, 1.165) is 47.0 Å². The molecular formula is C20H32O10. The van der Waals surface area contributed by atoms with Crippen molar-refractivity contribution in [2.24, 2.45) is 0 Å². The van der Waals surface area contributed by atoms with E-state index in [4.69, 9.17) is 14.2 Å². The number of hydrogen-bond acceptors (Lipinski definition) is 10. The van der Waals surface area contributed by atoms with Crippen molar-refractivity contribution in [3.8, 4) is 0 Å². The van der Waals surface area contributed by atoms with E-state index in [-0.39, 0.29) is 6.42 Å². The molecule has 4 unspecified atom stereocenters. The zero-order chi connectivity index (χ0) is 22.9. The molecule has 0 aromatic carbocycles. The van der Waals surface area contributed by atoms with Gasteiger partial charge in [0.1, 0.15) is 12.2 Å². The molecule has 0 amide bonds. The van der Waals surface area contributed by atoms with E-state index in [9.17, 15) is 24.6 Å². The van der Waals surface area contributed by atoms with Crippen molar-refractivity contribution in [1.82, 2.24) is 0 Å². The first-order valence-corrected chi connectivity index (χ1v) is 9.79. The van der Waals surface area contributed by atoms with Crippen molar-refractivity contribution in [2.75, 3.05) is 28.4 Å². The Hall–Kier alpha value is -2.01. The van der Waals surface area contributed by atoms with E-state index in [1.54, 1.807) is 0 Å². The fraction of sp³-hybridized carbons (Fsp3) is 0.750. The molecule has 0 aliphatic carbocycles. The van der Waals surface area contributed by atoms with Crippen LogP contribution in [0.2, 0.25) is 0 Å². The van der Waals surface area contributed by atoms with Crippen molar-refractivity contribution in [3.05, 3.63) is 11.6 Å². The van der Waals surface area contributed by atoms with Gasteiger partial charge in [-0.05, 0) is 6.42 Å². The van der Waals surface area contributed by atoms with Crippen molar-refractivity contribution in [2.45, 2.75) is 69.0 Å². The third-order valence-electron chi connectivity index (χ3n) is 5.23. The minimum atomic E-state index is -2.56. The number of hydrogen-bond donors (Lipinski definition) is 2. The number of ether oxygens (including phenoxy) is 5. The van der Waals surface area contributed by atoms with Crippen LogP contribution in [0.15, 0.2) is 11.6 Å². The SMILES string of the molecule is CCCCCCCC1(OC)OC(C(=O)OC)(C(=CC(=O)OC)C(=O)OC)C(O)C1O. The maximum Gasteiger partial charge on any atom is 0.346 e. The Labute approximate surface area is 176 Å². The predicted molar refractivity (Wildman–Crippen MR) is 103 cm³/mol. The highest BCUT2D eigenvalue weighted by molar-refractivity contribution is 6.05. The Bertz CT molecular complexity index is 645. The van der Waals surface area contributed by atoms with E-state index in [1.807, 2.05) is 0 Å². The molecule has 30 heavy (non-hydrogen) atoms. The van der Waals surface area contributed by atoms with Gasteiger partial charge < -0.3 is 33.9 Å². The molecule has 4 atom stereocenters. The normalized spacial score (nSPS) is 28.8. The number of unbranched alkanes of at least 4 members (excludes halogenated alkanes) is 4. The third-order valence-corrected chi connectivity index (χ3v) is 5.23. The van der Waals surface area contributed by atoms with Crippen LogP contribution in [0.4, 0.5) is 0 Å². The summed E-state index contributed by atoms with van der Waals surface area (Å²) in [6.07, 6.45) is 1.46. The third kappa shape index (κ3) is 5.00. The first-order chi connectivity index (χ1) is 14.2. The predicted octanol–water partition coefficient (Wildman–Crippen LogP) is 0.626. The quantitative estimate of drug-likeness (QED) is 0.207. The topological polar surface area (TPSA) is 138 Å². The summed E-state index contributed by atoms with van der Waals surface area (Å²) >= 11 is 0. The average Bonchev–Trinajstić information content (AvgIpc) is 2.99. The van der Waals surface area contributed by atoms with Gasteiger partial charge in [-0.2, -0.15) is 0 Å². The number of carbonyl (C=O) groups excluding carboxylic acids is 3. The molecule has 0 aromatic heterocycles. The van der Waals surface area contributed by atoms with Crippen LogP contribution in [-0.2, 0) is 38.1 Å². The van der Waals surface area contributed by atoms with Gasteiger partial charge in [-0.1, -0.05) is 32.6 Å². The van der Waals surface area contributed by atoms with Gasteiger partial charge in [0.2, 0.25) is 5.60 Å². The van der Waals surface area contributed by atoms with Crippen LogP contribution < -0.4 is 0 Å². The van der Waals surface area contributed by atoms with Crippen molar-refractivity contribution in [1.29, 1.82) is 0 Å². The second-order valence-electron chi connectivity index (χ2n) is 6.97. The Morgan fingerprint density at radius 2 is 1.57 bits per heavy atom. The van der Waals surface area contributed by atoms with E-state index in [1.165, 1.54) is 7.11 Å². The summed E-state index contributed by atoms with van der Waals surface area (Å²) in [5, 5.41) is 21.6. The minimum Gasteiger partial charge on any atom is -0.467 e. The molecular weight excluding hydrogens is 400 g/mol. The average molecular weight is 432 g/mol. The standard InChI is InChI=1S/C20H32O10/c1-6-7-8-9-10-11-19(29-5)15(22)16(23)20(30-19,18(25)28-4)13(17(24)27-3)12-14(21)26-2/h12,15-16,22-23H,6-11H2,1-5H3. The molecule has 1 fully saturated rings. The molecule has 1 aliphatic heterocycles. The molecule has 0 bridgehead atoms. The lowest BCUT2D eigenvalue weighted by Crippen LogP contribution is -2.54. The maximum absolute atomic E-state index is 12.8. The van der Waals surface area contributed by atoms with Gasteiger partial charge in [-0.15, -0.1) is 0 Å².